The summed E-state index contributed by atoms with van der Waals surface area (Å²) in [5.74, 6) is 0.205. The first-order chi connectivity index (χ1) is 11.6. The zero-order chi connectivity index (χ0) is 16.9. The first kappa shape index (κ1) is 15.9. The fourth-order valence-corrected chi connectivity index (χ4v) is 2.64. The number of urea groups is 1. The van der Waals surface area contributed by atoms with Gasteiger partial charge >= 0.3 is 6.03 Å². The fraction of sp³-hybridized carbons (Fsp3) is 0.150. The maximum atomic E-state index is 12.1. The van der Waals surface area contributed by atoms with E-state index in [0.717, 1.165) is 17.2 Å². The normalized spacial score (nSPS) is 10.5. The molecule has 0 saturated carbocycles. The number of anilines is 1. The number of amides is 2. The fourth-order valence-electron chi connectivity index (χ4n) is 2.64. The van der Waals surface area contributed by atoms with Crippen LogP contribution in [0.5, 0.6) is 5.75 Å². The molecule has 3 aromatic carbocycles. The van der Waals surface area contributed by atoms with E-state index in [-0.39, 0.29) is 11.8 Å². The van der Waals surface area contributed by atoms with Gasteiger partial charge in [-0.25, -0.2) is 4.79 Å². The van der Waals surface area contributed by atoms with Crippen LogP contribution in [0.25, 0.3) is 10.8 Å². The molecular formula is C20H20N2O2. The molecule has 3 aromatic rings. The minimum Gasteiger partial charge on any atom is -0.507 e. The Kier molecular flexibility index (Phi) is 4.66. The number of phenols is 1. The molecule has 0 aliphatic rings. The van der Waals surface area contributed by atoms with E-state index < -0.39 is 0 Å². The first-order valence-electron chi connectivity index (χ1n) is 7.94. The average Bonchev–Trinajstić information content (AvgIpc) is 2.58. The highest BCUT2D eigenvalue weighted by Gasteiger charge is 2.07. The van der Waals surface area contributed by atoms with Gasteiger partial charge in [-0.2, -0.15) is 0 Å². The molecule has 2 amide bonds. The van der Waals surface area contributed by atoms with Crippen molar-refractivity contribution in [1.29, 1.82) is 0 Å². The van der Waals surface area contributed by atoms with Crippen LogP contribution < -0.4 is 10.6 Å². The Morgan fingerprint density at radius 1 is 0.958 bits per heavy atom. The predicted molar refractivity (Wildman–Crippen MR) is 97.5 cm³/mol. The number of aromatic hydroxyl groups is 1. The SMILES string of the molecule is Cc1ccc(CCNC(=O)Nc2cccc3c(O)cccc23)cc1. The minimum atomic E-state index is -0.252. The third-order valence-electron chi connectivity index (χ3n) is 3.97. The summed E-state index contributed by atoms with van der Waals surface area (Å²) in [6, 6.07) is 18.7. The topological polar surface area (TPSA) is 61.4 Å². The number of carbonyl (C=O) groups excluding carboxylic acids is 1. The van der Waals surface area contributed by atoms with Gasteiger partial charge in [-0.05, 0) is 31.0 Å². The molecule has 4 heteroatoms. The molecular weight excluding hydrogens is 300 g/mol. The lowest BCUT2D eigenvalue weighted by Gasteiger charge is -2.11. The smallest absolute Gasteiger partial charge is 0.319 e. The zero-order valence-electron chi connectivity index (χ0n) is 13.5. The van der Waals surface area contributed by atoms with Crippen molar-refractivity contribution in [2.45, 2.75) is 13.3 Å². The van der Waals surface area contributed by atoms with Gasteiger partial charge in [-0.1, -0.05) is 54.1 Å². The number of hydrogen-bond acceptors (Lipinski definition) is 2. The number of fused-ring (bicyclic) bond motifs is 1. The first-order valence-corrected chi connectivity index (χ1v) is 7.94. The molecule has 0 heterocycles. The molecule has 0 aliphatic carbocycles. The summed E-state index contributed by atoms with van der Waals surface area (Å²) in [4.78, 5) is 12.1. The highest BCUT2D eigenvalue weighted by Crippen LogP contribution is 2.29. The molecule has 0 unspecified atom stereocenters. The average molecular weight is 320 g/mol. The Bertz CT molecular complexity index is 857. The van der Waals surface area contributed by atoms with Crippen LogP contribution in [0, 0.1) is 6.92 Å². The number of phenolic OH excluding ortho intramolecular Hbond substituents is 1. The molecule has 24 heavy (non-hydrogen) atoms. The second-order valence-corrected chi connectivity index (χ2v) is 5.79. The lowest BCUT2D eigenvalue weighted by molar-refractivity contribution is 0.252. The quantitative estimate of drug-likeness (QED) is 0.674. The van der Waals surface area contributed by atoms with Crippen molar-refractivity contribution < 1.29 is 9.90 Å². The van der Waals surface area contributed by atoms with Crippen LogP contribution in [-0.4, -0.2) is 17.7 Å². The van der Waals surface area contributed by atoms with E-state index in [1.54, 1.807) is 12.1 Å². The highest BCUT2D eigenvalue weighted by molar-refractivity contribution is 6.03. The van der Waals surface area contributed by atoms with Crippen molar-refractivity contribution in [1.82, 2.24) is 5.32 Å². The lowest BCUT2D eigenvalue weighted by Crippen LogP contribution is -2.30. The van der Waals surface area contributed by atoms with Gasteiger partial charge in [0.1, 0.15) is 5.75 Å². The van der Waals surface area contributed by atoms with Crippen molar-refractivity contribution in [2.24, 2.45) is 0 Å². The maximum Gasteiger partial charge on any atom is 0.319 e. The molecule has 4 nitrogen and oxygen atoms in total. The van der Waals surface area contributed by atoms with Crippen molar-refractivity contribution in [2.75, 3.05) is 11.9 Å². The van der Waals surface area contributed by atoms with E-state index in [1.165, 1.54) is 11.1 Å². The molecule has 0 aromatic heterocycles. The van der Waals surface area contributed by atoms with Crippen LogP contribution in [0.1, 0.15) is 11.1 Å². The van der Waals surface area contributed by atoms with Gasteiger partial charge in [-0.3, -0.25) is 0 Å². The zero-order valence-corrected chi connectivity index (χ0v) is 13.5. The van der Waals surface area contributed by atoms with Gasteiger partial charge in [0.2, 0.25) is 0 Å². The number of nitrogens with one attached hydrogen (secondary N) is 2. The third kappa shape index (κ3) is 3.66. The molecule has 3 N–H and O–H groups in total. The second kappa shape index (κ2) is 7.04. The van der Waals surface area contributed by atoms with E-state index in [1.807, 2.05) is 24.3 Å². The van der Waals surface area contributed by atoms with Gasteiger partial charge in [-0.15, -0.1) is 0 Å². The second-order valence-electron chi connectivity index (χ2n) is 5.79. The lowest BCUT2D eigenvalue weighted by atomic mass is 10.1. The van der Waals surface area contributed by atoms with Crippen LogP contribution in [-0.2, 0) is 6.42 Å². The van der Waals surface area contributed by atoms with Crippen LogP contribution in [0.2, 0.25) is 0 Å². The summed E-state index contributed by atoms with van der Waals surface area (Å²) in [6.07, 6.45) is 0.782. The number of aryl methyl sites for hydroxylation is 1. The minimum absolute atomic E-state index is 0.205. The summed E-state index contributed by atoms with van der Waals surface area (Å²) < 4.78 is 0. The molecule has 0 bridgehead atoms. The molecule has 0 saturated heterocycles. The van der Waals surface area contributed by atoms with Crippen LogP contribution in [0.15, 0.2) is 60.7 Å². The molecule has 0 spiro atoms. The summed E-state index contributed by atoms with van der Waals surface area (Å²) in [5.41, 5.74) is 3.09. The Labute approximate surface area is 141 Å². The van der Waals surface area contributed by atoms with E-state index in [9.17, 15) is 9.90 Å². The molecule has 122 valence electrons. The van der Waals surface area contributed by atoms with Crippen molar-refractivity contribution in [3.8, 4) is 5.75 Å². The summed E-state index contributed by atoms with van der Waals surface area (Å²) in [7, 11) is 0. The maximum absolute atomic E-state index is 12.1. The Hall–Kier alpha value is -3.01. The molecule has 0 radical (unpaired) electrons. The highest BCUT2D eigenvalue weighted by atomic mass is 16.3. The Morgan fingerprint density at radius 3 is 2.46 bits per heavy atom. The summed E-state index contributed by atoms with van der Waals surface area (Å²) in [6.45, 7) is 2.61. The van der Waals surface area contributed by atoms with Gasteiger partial charge in [0.15, 0.2) is 0 Å². The Balaban J connectivity index is 1.61. The van der Waals surface area contributed by atoms with Crippen molar-refractivity contribution >= 4 is 22.5 Å². The van der Waals surface area contributed by atoms with Crippen LogP contribution >= 0.6 is 0 Å². The summed E-state index contributed by atoms with van der Waals surface area (Å²) >= 11 is 0. The van der Waals surface area contributed by atoms with Crippen molar-refractivity contribution in [3.05, 3.63) is 71.8 Å². The third-order valence-corrected chi connectivity index (χ3v) is 3.97. The van der Waals surface area contributed by atoms with Gasteiger partial charge in [0.05, 0.1) is 5.69 Å². The number of benzene rings is 3. The largest absolute Gasteiger partial charge is 0.507 e. The number of hydrogen-bond donors (Lipinski definition) is 3. The monoisotopic (exact) mass is 320 g/mol. The van der Waals surface area contributed by atoms with Crippen LogP contribution in [0.4, 0.5) is 10.5 Å². The van der Waals surface area contributed by atoms with Gasteiger partial charge in [0.25, 0.3) is 0 Å². The standard InChI is InChI=1S/C20H20N2O2/c1-14-8-10-15(11-9-14)12-13-21-20(24)22-18-6-2-5-17-16(18)4-3-7-19(17)23/h2-11,23H,12-13H2,1H3,(H2,21,22,24). The van der Waals surface area contributed by atoms with Crippen LogP contribution in [0.3, 0.4) is 0 Å². The van der Waals surface area contributed by atoms with E-state index in [4.69, 9.17) is 0 Å². The van der Waals surface area contributed by atoms with E-state index in [2.05, 4.69) is 41.8 Å². The number of carbonyl (C=O) groups is 1. The molecule has 0 aliphatic heterocycles. The van der Waals surface area contributed by atoms with E-state index in [0.29, 0.717) is 12.2 Å². The Morgan fingerprint density at radius 2 is 1.67 bits per heavy atom. The molecule has 0 fully saturated rings. The number of rotatable bonds is 4. The summed E-state index contributed by atoms with van der Waals surface area (Å²) in [5, 5.41) is 17.1. The van der Waals surface area contributed by atoms with Gasteiger partial charge < -0.3 is 15.7 Å². The predicted octanol–water partition coefficient (Wildman–Crippen LogP) is 4.22. The van der Waals surface area contributed by atoms with E-state index >= 15 is 0 Å². The molecule has 0 atom stereocenters. The van der Waals surface area contributed by atoms with Crippen molar-refractivity contribution in [3.63, 3.8) is 0 Å². The molecule has 3 rings (SSSR count). The van der Waals surface area contributed by atoms with Gasteiger partial charge in [0, 0.05) is 17.3 Å².